The van der Waals surface area contributed by atoms with Gasteiger partial charge in [0.15, 0.2) is 11.0 Å². The number of fused-ring (bicyclic) bond motifs is 1. The normalized spacial score (nSPS) is 15.8. The van der Waals surface area contributed by atoms with E-state index in [4.69, 9.17) is 4.42 Å². The summed E-state index contributed by atoms with van der Waals surface area (Å²) in [6.45, 7) is 1.99. The summed E-state index contributed by atoms with van der Waals surface area (Å²) in [5.41, 5.74) is 1.93. The molecule has 4 aromatic rings. The maximum atomic E-state index is 5.79. The molecule has 5 heterocycles. The first kappa shape index (κ1) is 17.8. The third kappa shape index (κ3) is 3.56. The van der Waals surface area contributed by atoms with E-state index in [9.17, 15) is 0 Å². The fourth-order valence-electron chi connectivity index (χ4n) is 2.94. The van der Waals surface area contributed by atoms with Gasteiger partial charge in [-0.15, -0.1) is 31.7 Å². The van der Waals surface area contributed by atoms with E-state index in [2.05, 4.69) is 34.9 Å². The number of hydrogen-bond acceptors (Lipinski definition) is 10. The molecule has 1 atom stereocenters. The van der Waals surface area contributed by atoms with E-state index >= 15 is 0 Å². The van der Waals surface area contributed by atoms with E-state index in [1.54, 1.807) is 41.1 Å². The van der Waals surface area contributed by atoms with Crippen LogP contribution < -0.4 is 0 Å². The quantitative estimate of drug-likeness (QED) is 0.427. The molecule has 0 radical (unpaired) electrons. The van der Waals surface area contributed by atoms with Gasteiger partial charge in [-0.2, -0.15) is 0 Å². The molecular formula is C17H15N7OS3. The summed E-state index contributed by atoms with van der Waals surface area (Å²) in [7, 11) is 0. The van der Waals surface area contributed by atoms with Crippen LogP contribution in [0.2, 0.25) is 0 Å². The Hall–Kier alpha value is -2.24. The fraction of sp³-hybridized carbons (Fsp3) is 0.294. The predicted molar refractivity (Wildman–Crippen MR) is 108 cm³/mol. The molecule has 5 rings (SSSR count). The van der Waals surface area contributed by atoms with Crippen molar-refractivity contribution in [1.29, 1.82) is 0 Å². The number of thiazole rings is 1. The molecule has 1 unspecified atom stereocenters. The summed E-state index contributed by atoms with van der Waals surface area (Å²) in [6.07, 6.45) is 4.14. The lowest BCUT2D eigenvalue weighted by molar-refractivity contribution is 0.418. The maximum absolute atomic E-state index is 5.79. The summed E-state index contributed by atoms with van der Waals surface area (Å²) in [5, 5.41) is 21.6. The average molecular weight is 430 g/mol. The summed E-state index contributed by atoms with van der Waals surface area (Å²) in [5.74, 6) is 3.20. The van der Waals surface area contributed by atoms with Crippen molar-refractivity contribution in [3.63, 3.8) is 0 Å². The van der Waals surface area contributed by atoms with Gasteiger partial charge in [0.05, 0.1) is 23.2 Å². The number of rotatable bonds is 6. The van der Waals surface area contributed by atoms with Gasteiger partial charge in [-0.3, -0.25) is 9.55 Å². The Kier molecular flexibility index (Phi) is 4.87. The van der Waals surface area contributed by atoms with Gasteiger partial charge >= 0.3 is 0 Å². The van der Waals surface area contributed by atoms with E-state index < -0.39 is 0 Å². The average Bonchev–Trinajstić information content (AvgIpc) is 3.47. The highest BCUT2D eigenvalue weighted by Gasteiger charge is 2.29. The van der Waals surface area contributed by atoms with Crippen LogP contribution in [-0.2, 0) is 6.42 Å². The largest absolute Gasteiger partial charge is 0.416 e. The molecule has 4 aromatic heterocycles. The lowest BCUT2D eigenvalue weighted by Gasteiger charge is -2.12. The van der Waals surface area contributed by atoms with Crippen molar-refractivity contribution in [3.05, 3.63) is 46.5 Å². The number of hydrogen-bond donors (Lipinski definition) is 0. The van der Waals surface area contributed by atoms with E-state index in [-0.39, 0.29) is 6.04 Å². The molecule has 0 aromatic carbocycles. The Labute approximate surface area is 173 Å². The number of pyridine rings is 1. The van der Waals surface area contributed by atoms with Crippen molar-refractivity contribution in [1.82, 2.24) is 34.9 Å². The van der Waals surface area contributed by atoms with Crippen molar-refractivity contribution in [3.8, 4) is 11.4 Å². The monoisotopic (exact) mass is 429 g/mol. The Morgan fingerprint density at radius 1 is 1.29 bits per heavy atom. The van der Waals surface area contributed by atoms with Crippen molar-refractivity contribution < 1.29 is 4.42 Å². The molecule has 0 fully saturated rings. The smallest absolute Gasteiger partial charge is 0.276 e. The van der Waals surface area contributed by atoms with Crippen LogP contribution in [0.25, 0.3) is 11.4 Å². The lowest BCUT2D eigenvalue weighted by Crippen LogP contribution is -2.11. The second-order valence-corrected chi connectivity index (χ2v) is 9.21. The minimum Gasteiger partial charge on any atom is -0.416 e. The highest BCUT2D eigenvalue weighted by molar-refractivity contribution is 8.00. The topological polar surface area (TPSA) is 95.4 Å². The third-order valence-electron chi connectivity index (χ3n) is 4.20. The van der Waals surface area contributed by atoms with Gasteiger partial charge in [0.25, 0.3) is 5.22 Å². The highest BCUT2D eigenvalue weighted by atomic mass is 32.2. The van der Waals surface area contributed by atoms with Crippen molar-refractivity contribution in [2.75, 3.05) is 11.5 Å². The second-order valence-electron chi connectivity index (χ2n) is 6.19. The first-order chi connectivity index (χ1) is 13.8. The van der Waals surface area contributed by atoms with Gasteiger partial charge in [0, 0.05) is 34.8 Å². The van der Waals surface area contributed by atoms with Crippen LogP contribution in [0.3, 0.4) is 0 Å². The molecule has 0 bridgehead atoms. The standard InChI is InChI=1S/C17H15N7OS3/c1-10-19-12(7-26-10)5-14-20-23-17(25-14)28-9-13-8-27-16-22-21-15(24(13)16)11-3-2-4-18-6-11/h2-4,6-7,13H,5,8-9H2,1H3. The molecule has 0 saturated carbocycles. The van der Waals surface area contributed by atoms with Crippen molar-refractivity contribution >= 4 is 34.9 Å². The lowest BCUT2D eigenvalue weighted by atomic mass is 10.2. The second kappa shape index (κ2) is 7.64. The number of nitrogens with zero attached hydrogens (tertiary/aromatic N) is 7. The SMILES string of the molecule is Cc1nc(Cc2nnc(SCC3CSc4nnc(-c5cccnc5)n43)o2)cs1. The van der Waals surface area contributed by atoms with Gasteiger partial charge < -0.3 is 4.42 Å². The zero-order chi connectivity index (χ0) is 18.9. The van der Waals surface area contributed by atoms with E-state index in [0.717, 1.165) is 38.8 Å². The molecule has 0 spiro atoms. The van der Waals surface area contributed by atoms with Crippen LogP contribution in [0.5, 0.6) is 0 Å². The predicted octanol–water partition coefficient (Wildman–Crippen LogP) is 3.52. The Balaban J connectivity index is 1.27. The zero-order valence-corrected chi connectivity index (χ0v) is 17.3. The van der Waals surface area contributed by atoms with Crippen molar-refractivity contribution in [2.45, 2.75) is 29.8 Å². The van der Waals surface area contributed by atoms with Gasteiger partial charge in [-0.1, -0.05) is 23.5 Å². The van der Waals surface area contributed by atoms with Crippen molar-refractivity contribution in [2.24, 2.45) is 0 Å². The molecule has 0 aliphatic carbocycles. The summed E-state index contributed by atoms with van der Waals surface area (Å²) >= 11 is 4.90. The molecular weight excluding hydrogens is 414 g/mol. The molecule has 0 N–H and O–H groups in total. The van der Waals surface area contributed by atoms with Gasteiger partial charge in [0.1, 0.15) is 0 Å². The number of aromatic nitrogens is 7. The Morgan fingerprint density at radius 2 is 2.25 bits per heavy atom. The van der Waals surface area contributed by atoms with E-state index in [1.165, 1.54) is 0 Å². The van der Waals surface area contributed by atoms with Crippen LogP contribution in [0, 0.1) is 6.92 Å². The first-order valence-corrected chi connectivity index (χ1v) is 11.5. The molecule has 0 amide bonds. The van der Waals surface area contributed by atoms with Crippen LogP contribution >= 0.6 is 34.9 Å². The van der Waals surface area contributed by atoms with Gasteiger partial charge in [-0.05, 0) is 19.1 Å². The molecule has 28 heavy (non-hydrogen) atoms. The number of thioether (sulfide) groups is 2. The highest BCUT2D eigenvalue weighted by Crippen LogP contribution is 2.38. The number of aryl methyl sites for hydroxylation is 1. The molecule has 0 saturated heterocycles. The van der Waals surface area contributed by atoms with E-state index in [1.807, 2.05) is 30.6 Å². The summed E-state index contributed by atoms with van der Waals surface area (Å²) in [6, 6.07) is 4.17. The van der Waals surface area contributed by atoms with Gasteiger partial charge in [-0.25, -0.2) is 4.98 Å². The Morgan fingerprint density at radius 3 is 3.07 bits per heavy atom. The molecule has 11 heteroatoms. The maximum Gasteiger partial charge on any atom is 0.276 e. The molecule has 8 nitrogen and oxygen atoms in total. The van der Waals surface area contributed by atoms with Gasteiger partial charge in [0.2, 0.25) is 5.89 Å². The molecule has 1 aliphatic rings. The summed E-state index contributed by atoms with van der Waals surface area (Å²) in [4.78, 5) is 8.63. The third-order valence-corrected chi connectivity index (χ3v) is 7.07. The Bertz CT molecular complexity index is 1090. The molecule has 1 aliphatic heterocycles. The first-order valence-electron chi connectivity index (χ1n) is 8.60. The fourth-order valence-corrected chi connectivity index (χ4v) is 5.64. The summed E-state index contributed by atoms with van der Waals surface area (Å²) < 4.78 is 7.97. The van der Waals surface area contributed by atoms with Crippen LogP contribution in [0.4, 0.5) is 0 Å². The minimum absolute atomic E-state index is 0.256. The van der Waals surface area contributed by atoms with Crippen LogP contribution in [0.15, 0.2) is 44.7 Å². The van der Waals surface area contributed by atoms with Crippen LogP contribution in [0.1, 0.15) is 22.6 Å². The molecule has 142 valence electrons. The zero-order valence-electron chi connectivity index (χ0n) is 14.8. The van der Waals surface area contributed by atoms with Crippen LogP contribution in [-0.4, -0.2) is 46.4 Å². The van der Waals surface area contributed by atoms with E-state index in [0.29, 0.717) is 17.5 Å². The minimum atomic E-state index is 0.256.